The SMILES string of the molecule is CC(=O)CCCn1cccnc1=O. The Balaban J connectivity index is 2.50. The highest BCUT2D eigenvalue weighted by molar-refractivity contribution is 5.75. The third-order valence-corrected chi connectivity index (χ3v) is 1.71. The van der Waals surface area contributed by atoms with Gasteiger partial charge in [0, 0.05) is 25.4 Å². The summed E-state index contributed by atoms with van der Waals surface area (Å²) in [5.41, 5.74) is -0.258. The number of carbonyl (C=O) groups is 1. The number of ketones is 1. The Bertz CT molecular complexity index is 343. The van der Waals surface area contributed by atoms with Gasteiger partial charge < -0.3 is 4.79 Å². The number of hydrogen-bond donors (Lipinski definition) is 0. The van der Waals surface area contributed by atoms with Crippen molar-refractivity contribution in [2.24, 2.45) is 0 Å². The van der Waals surface area contributed by atoms with E-state index in [1.165, 1.54) is 10.8 Å². The van der Waals surface area contributed by atoms with E-state index >= 15 is 0 Å². The summed E-state index contributed by atoms with van der Waals surface area (Å²) < 4.78 is 1.50. The van der Waals surface area contributed by atoms with E-state index in [0.29, 0.717) is 19.4 Å². The molecule has 0 spiro atoms. The van der Waals surface area contributed by atoms with E-state index in [2.05, 4.69) is 4.98 Å². The number of nitrogens with zero attached hydrogens (tertiary/aromatic N) is 2. The standard InChI is InChI=1S/C9H12N2O2/c1-8(12)4-2-6-11-7-3-5-10-9(11)13/h3,5,7H,2,4,6H2,1H3. The Hall–Kier alpha value is -1.45. The lowest BCUT2D eigenvalue weighted by Gasteiger charge is -2.01. The van der Waals surface area contributed by atoms with Gasteiger partial charge in [-0.3, -0.25) is 4.57 Å². The third kappa shape index (κ3) is 3.19. The Morgan fingerprint density at radius 1 is 1.62 bits per heavy atom. The molecule has 0 aliphatic carbocycles. The van der Waals surface area contributed by atoms with Gasteiger partial charge in [-0.2, -0.15) is 0 Å². The van der Waals surface area contributed by atoms with Crippen LogP contribution in [0.25, 0.3) is 0 Å². The van der Waals surface area contributed by atoms with Gasteiger partial charge in [0.2, 0.25) is 0 Å². The highest BCUT2D eigenvalue weighted by atomic mass is 16.1. The highest BCUT2D eigenvalue weighted by Gasteiger charge is 1.96. The summed E-state index contributed by atoms with van der Waals surface area (Å²) in [6, 6.07) is 1.70. The predicted octanol–water partition coefficient (Wildman–Crippen LogP) is 0.612. The summed E-state index contributed by atoms with van der Waals surface area (Å²) in [5, 5.41) is 0. The number of Topliss-reactive ketones (excluding diaryl/α,β-unsaturated/α-hetero) is 1. The number of aromatic nitrogens is 2. The normalized spacial score (nSPS) is 9.92. The van der Waals surface area contributed by atoms with Crippen molar-refractivity contribution in [3.63, 3.8) is 0 Å². The van der Waals surface area contributed by atoms with Crippen LogP contribution in [0.1, 0.15) is 19.8 Å². The summed E-state index contributed by atoms with van der Waals surface area (Å²) in [7, 11) is 0. The topological polar surface area (TPSA) is 52.0 Å². The number of hydrogen-bond acceptors (Lipinski definition) is 3. The lowest BCUT2D eigenvalue weighted by atomic mass is 10.2. The average Bonchev–Trinajstić information content (AvgIpc) is 2.08. The Morgan fingerprint density at radius 3 is 3.00 bits per heavy atom. The lowest BCUT2D eigenvalue weighted by molar-refractivity contribution is -0.117. The van der Waals surface area contributed by atoms with Gasteiger partial charge in [0.25, 0.3) is 0 Å². The van der Waals surface area contributed by atoms with Gasteiger partial charge in [0.05, 0.1) is 0 Å². The van der Waals surface area contributed by atoms with Crippen molar-refractivity contribution in [2.45, 2.75) is 26.3 Å². The first kappa shape index (κ1) is 9.64. The fourth-order valence-electron chi connectivity index (χ4n) is 1.06. The molecule has 13 heavy (non-hydrogen) atoms. The zero-order chi connectivity index (χ0) is 9.68. The average molecular weight is 180 g/mol. The Morgan fingerprint density at radius 2 is 2.38 bits per heavy atom. The van der Waals surface area contributed by atoms with Crippen molar-refractivity contribution in [1.82, 2.24) is 9.55 Å². The van der Waals surface area contributed by atoms with Crippen molar-refractivity contribution < 1.29 is 4.79 Å². The molecule has 0 bridgehead atoms. The van der Waals surface area contributed by atoms with Crippen LogP contribution in [0.5, 0.6) is 0 Å². The van der Waals surface area contributed by atoms with Crippen molar-refractivity contribution in [3.05, 3.63) is 28.9 Å². The van der Waals surface area contributed by atoms with Gasteiger partial charge in [-0.05, 0) is 19.4 Å². The highest BCUT2D eigenvalue weighted by Crippen LogP contribution is 1.92. The van der Waals surface area contributed by atoms with Gasteiger partial charge in [-0.25, -0.2) is 9.78 Å². The molecule has 0 aliphatic heterocycles. The maximum absolute atomic E-state index is 11.1. The molecular formula is C9H12N2O2. The van der Waals surface area contributed by atoms with Crippen LogP contribution in [0.2, 0.25) is 0 Å². The van der Waals surface area contributed by atoms with Gasteiger partial charge in [0.15, 0.2) is 0 Å². The van der Waals surface area contributed by atoms with Gasteiger partial charge >= 0.3 is 5.69 Å². The summed E-state index contributed by atoms with van der Waals surface area (Å²) in [6.07, 6.45) is 4.35. The van der Waals surface area contributed by atoms with Crippen LogP contribution in [0.3, 0.4) is 0 Å². The van der Waals surface area contributed by atoms with Crippen molar-refractivity contribution >= 4 is 5.78 Å². The Kier molecular flexibility index (Phi) is 3.37. The molecule has 0 aliphatic rings. The minimum Gasteiger partial charge on any atom is -0.300 e. The second-order valence-electron chi connectivity index (χ2n) is 2.90. The van der Waals surface area contributed by atoms with Crippen LogP contribution < -0.4 is 5.69 Å². The molecule has 1 rings (SSSR count). The van der Waals surface area contributed by atoms with E-state index < -0.39 is 0 Å². The lowest BCUT2D eigenvalue weighted by Crippen LogP contribution is -2.21. The molecule has 4 nitrogen and oxygen atoms in total. The van der Waals surface area contributed by atoms with Gasteiger partial charge in [-0.1, -0.05) is 0 Å². The first-order chi connectivity index (χ1) is 6.20. The summed E-state index contributed by atoms with van der Waals surface area (Å²) >= 11 is 0. The fourth-order valence-corrected chi connectivity index (χ4v) is 1.06. The van der Waals surface area contributed by atoms with Crippen molar-refractivity contribution in [1.29, 1.82) is 0 Å². The molecule has 0 aromatic carbocycles. The Labute approximate surface area is 76.2 Å². The smallest absolute Gasteiger partial charge is 0.300 e. The van der Waals surface area contributed by atoms with E-state index in [1.54, 1.807) is 19.2 Å². The van der Waals surface area contributed by atoms with Crippen LogP contribution in [-0.2, 0) is 11.3 Å². The van der Waals surface area contributed by atoms with Crippen LogP contribution in [0, 0.1) is 0 Å². The molecule has 0 atom stereocenters. The van der Waals surface area contributed by atoms with Crippen LogP contribution in [-0.4, -0.2) is 15.3 Å². The van der Waals surface area contributed by atoms with Crippen LogP contribution >= 0.6 is 0 Å². The second-order valence-corrected chi connectivity index (χ2v) is 2.90. The van der Waals surface area contributed by atoms with Gasteiger partial charge in [-0.15, -0.1) is 0 Å². The van der Waals surface area contributed by atoms with Crippen molar-refractivity contribution in [2.75, 3.05) is 0 Å². The van der Waals surface area contributed by atoms with E-state index in [4.69, 9.17) is 0 Å². The van der Waals surface area contributed by atoms with Crippen molar-refractivity contribution in [3.8, 4) is 0 Å². The van der Waals surface area contributed by atoms with E-state index in [1.807, 2.05) is 0 Å². The quantitative estimate of drug-likeness (QED) is 0.682. The number of aryl methyl sites for hydroxylation is 1. The molecule has 0 saturated heterocycles. The summed E-state index contributed by atoms with van der Waals surface area (Å²) in [4.78, 5) is 25.3. The molecule has 0 unspecified atom stereocenters. The molecule has 4 heteroatoms. The molecule has 0 N–H and O–H groups in total. The predicted molar refractivity (Wildman–Crippen MR) is 48.4 cm³/mol. The molecule has 0 amide bonds. The molecule has 70 valence electrons. The first-order valence-corrected chi connectivity index (χ1v) is 4.21. The number of carbonyl (C=O) groups excluding carboxylic acids is 1. The van der Waals surface area contributed by atoms with E-state index in [0.717, 1.165) is 0 Å². The van der Waals surface area contributed by atoms with Crippen LogP contribution in [0.4, 0.5) is 0 Å². The fraction of sp³-hybridized carbons (Fsp3) is 0.444. The zero-order valence-corrected chi connectivity index (χ0v) is 7.56. The van der Waals surface area contributed by atoms with E-state index in [-0.39, 0.29) is 11.5 Å². The third-order valence-electron chi connectivity index (χ3n) is 1.71. The maximum atomic E-state index is 11.1. The molecule has 0 saturated carbocycles. The molecule has 1 heterocycles. The van der Waals surface area contributed by atoms with E-state index in [9.17, 15) is 9.59 Å². The molecule has 1 aromatic heterocycles. The molecule has 1 aromatic rings. The first-order valence-electron chi connectivity index (χ1n) is 4.21. The van der Waals surface area contributed by atoms with Crippen LogP contribution in [0.15, 0.2) is 23.3 Å². The minimum atomic E-state index is -0.258. The molecule has 0 radical (unpaired) electrons. The summed E-state index contributed by atoms with van der Waals surface area (Å²) in [6.45, 7) is 2.11. The maximum Gasteiger partial charge on any atom is 0.347 e. The molecule has 0 fully saturated rings. The number of rotatable bonds is 4. The van der Waals surface area contributed by atoms with Gasteiger partial charge in [0.1, 0.15) is 5.78 Å². The zero-order valence-electron chi connectivity index (χ0n) is 7.56. The minimum absolute atomic E-state index is 0.150. The largest absolute Gasteiger partial charge is 0.347 e. The second kappa shape index (κ2) is 4.54. The summed E-state index contributed by atoms with van der Waals surface area (Å²) in [5.74, 6) is 0.150. The molecular weight excluding hydrogens is 168 g/mol. The monoisotopic (exact) mass is 180 g/mol.